The molecule has 0 unspecified atom stereocenters. The molecule has 0 aliphatic carbocycles. The minimum absolute atomic E-state index is 0.397. The van der Waals surface area contributed by atoms with E-state index >= 15 is 0 Å². The van der Waals surface area contributed by atoms with Crippen molar-refractivity contribution in [2.45, 2.75) is 75.2 Å². The lowest BCUT2D eigenvalue weighted by Crippen LogP contribution is -2.08. The molecule has 0 fully saturated rings. The van der Waals surface area contributed by atoms with Crippen molar-refractivity contribution in [1.29, 1.82) is 0 Å². The Morgan fingerprint density at radius 2 is 1.03 bits per heavy atom. The van der Waals surface area contributed by atoms with Gasteiger partial charge in [0.25, 0.3) is 0 Å². The molecule has 0 aliphatic heterocycles. The third kappa shape index (κ3) is 46.2. The number of rotatable bonds is 4. The van der Waals surface area contributed by atoms with Crippen LogP contribution in [0.15, 0.2) is 87.0 Å². The summed E-state index contributed by atoms with van der Waals surface area (Å²) in [5, 5.41) is 0. The van der Waals surface area contributed by atoms with Crippen LogP contribution in [0.2, 0.25) is 0 Å². The van der Waals surface area contributed by atoms with Crippen molar-refractivity contribution in [2.75, 3.05) is 0 Å². The highest BCUT2D eigenvalue weighted by atomic mass is 14.2. The van der Waals surface area contributed by atoms with E-state index in [2.05, 4.69) is 99.0 Å². The molecule has 0 radical (unpaired) electrons. The second kappa shape index (κ2) is 25.9. The Bertz CT molecular complexity index is 485. The van der Waals surface area contributed by atoms with Crippen molar-refractivity contribution in [3.63, 3.8) is 0 Å². The van der Waals surface area contributed by atoms with E-state index in [1.165, 1.54) is 11.1 Å². The van der Waals surface area contributed by atoms with E-state index < -0.39 is 0 Å². The first kappa shape index (κ1) is 34.4. The number of hydrogen-bond donors (Lipinski definition) is 0. The van der Waals surface area contributed by atoms with Crippen LogP contribution in [-0.4, -0.2) is 0 Å². The van der Waals surface area contributed by atoms with Crippen molar-refractivity contribution in [3.05, 3.63) is 98.2 Å². The molecular weight excluding hydrogens is 348 g/mol. The zero-order chi connectivity index (χ0) is 23.7. The first-order valence-electron chi connectivity index (χ1n) is 10.6. The fourth-order valence-corrected chi connectivity index (χ4v) is 1.66. The summed E-state index contributed by atoms with van der Waals surface area (Å²) in [6.07, 6.45) is 12.9. The van der Waals surface area contributed by atoms with E-state index in [9.17, 15) is 0 Å². The minimum atomic E-state index is 0.397. The quantitative estimate of drug-likeness (QED) is 0.349. The number of aryl methyl sites for hydroxylation is 1. The molecule has 1 aromatic rings. The number of hydrogen-bond acceptors (Lipinski definition) is 0. The molecule has 0 N–H and O–H groups in total. The van der Waals surface area contributed by atoms with E-state index in [4.69, 9.17) is 0 Å². The molecule has 0 saturated heterocycles. The molecular formula is C29H50. The van der Waals surface area contributed by atoms with Crippen LogP contribution in [-0.2, 0) is 12.8 Å². The molecule has 1 rings (SSSR count). The van der Waals surface area contributed by atoms with E-state index in [-0.39, 0.29) is 0 Å². The Kier molecular flexibility index (Phi) is 30.8. The molecule has 166 valence electrons. The molecule has 0 aliphatic rings. The maximum Gasteiger partial charge on any atom is -0.0230 e. The van der Waals surface area contributed by atoms with Gasteiger partial charge in [-0.3, -0.25) is 0 Å². The predicted molar refractivity (Wildman–Crippen MR) is 141 cm³/mol. The highest BCUT2D eigenvalue weighted by Gasteiger charge is 2.10. The lowest BCUT2D eigenvalue weighted by atomic mass is 9.88. The molecule has 0 atom stereocenters. The summed E-state index contributed by atoms with van der Waals surface area (Å²) in [7, 11) is 0. The highest BCUT2D eigenvalue weighted by Crippen LogP contribution is 2.20. The van der Waals surface area contributed by atoms with Gasteiger partial charge in [0.2, 0.25) is 0 Å². The van der Waals surface area contributed by atoms with Crippen LogP contribution in [0.4, 0.5) is 0 Å². The first-order valence-corrected chi connectivity index (χ1v) is 10.6. The monoisotopic (exact) mass is 398 g/mol. The lowest BCUT2D eigenvalue weighted by molar-refractivity contribution is 0.411. The zero-order valence-corrected chi connectivity index (χ0v) is 21.1. The fraction of sp³-hybridized carbons (Fsp3) is 0.448. The van der Waals surface area contributed by atoms with Gasteiger partial charge in [-0.2, -0.15) is 0 Å². The van der Waals surface area contributed by atoms with Crippen molar-refractivity contribution < 1.29 is 0 Å². The molecule has 29 heavy (non-hydrogen) atoms. The maximum atomic E-state index is 3.46. The van der Waals surface area contributed by atoms with Gasteiger partial charge in [-0.1, -0.05) is 122 Å². The minimum Gasteiger partial charge on any atom is -0.103 e. The summed E-state index contributed by atoms with van der Waals surface area (Å²) in [6.45, 7) is 33.0. The smallest absolute Gasteiger partial charge is 0.0230 e. The molecule has 0 heteroatoms. The average molecular weight is 399 g/mol. The van der Waals surface area contributed by atoms with Crippen LogP contribution in [0, 0.1) is 11.3 Å². The summed E-state index contributed by atoms with van der Waals surface area (Å²) in [4.78, 5) is 0. The largest absolute Gasteiger partial charge is 0.103 e. The molecule has 0 bridgehead atoms. The van der Waals surface area contributed by atoms with Gasteiger partial charge in [-0.15, -0.1) is 13.2 Å². The van der Waals surface area contributed by atoms with Gasteiger partial charge < -0.3 is 0 Å². The molecule has 0 saturated carbocycles. The third-order valence-electron chi connectivity index (χ3n) is 2.55. The van der Waals surface area contributed by atoms with Gasteiger partial charge in [0, 0.05) is 0 Å². The molecule has 1 aromatic carbocycles. The summed E-state index contributed by atoms with van der Waals surface area (Å²) in [5.74, 6) is 0.833. The Labute approximate surface area is 184 Å². The zero-order valence-electron chi connectivity index (χ0n) is 21.1. The summed E-state index contributed by atoms with van der Waals surface area (Å²) in [5.41, 5.74) is 3.27. The SMILES string of the molecule is C=C/C=C\C=C.C=CC.C=CC.CC(C)C.CCc1ccc(CC(C)(C)C)cc1. The van der Waals surface area contributed by atoms with E-state index in [1.54, 1.807) is 24.3 Å². The van der Waals surface area contributed by atoms with Crippen molar-refractivity contribution in [3.8, 4) is 0 Å². The van der Waals surface area contributed by atoms with Gasteiger partial charge in [0.05, 0.1) is 0 Å². The van der Waals surface area contributed by atoms with Gasteiger partial charge >= 0.3 is 0 Å². The second-order valence-electron chi connectivity index (χ2n) is 8.31. The number of benzene rings is 1. The molecule has 0 nitrogen and oxygen atoms in total. The van der Waals surface area contributed by atoms with Gasteiger partial charge in [-0.05, 0) is 49.1 Å². The van der Waals surface area contributed by atoms with E-state index in [1.807, 2.05) is 26.0 Å². The van der Waals surface area contributed by atoms with Crippen molar-refractivity contribution in [2.24, 2.45) is 11.3 Å². The van der Waals surface area contributed by atoms with Crippen LogP contribution in [0.25, 0.3) is 0 Å². The van der Waals surface area contributed by atoms with Gasteiger partial charge in [0.15, 0.2) is 0 Å². The molecule has 0 amide bonds. The topological polar surface area (TPSA) is 0 Å². The lowest BCUT2D eigenvalue weighted by Gasteiger charge is -2.18. The maximum absolute atomic E-state index is 3.46. The Morgan fingerprint density at radius 1 is 0.759 bits per heavy atom. The van der Waals surface area contributed by atoms with Crippen molar-refractivity contribution in [1.82, 2.24) is 0 Å². The van der Waals surface area contributed by atoms with Crippen molar-refractivity contribution >= 4 is 0 Å². The second-order valence-corrected chi connectivity index (χ2v) is 8.31. The summed E-state index contributed by atoms with van der Waals surface area (Å²) < 4.78 is 0. The molecule has 0 spiro atoms. The van der Waals surface area contributed by atoms with Crippen LogP contribution in [0.5, 0.6) is 0 Å². The Hall–Kier alpha value is -2.08. The van der Waals surface area contributed by atoms with Crippen LogP contribution in [0.3, 0.4) is 0 Å². The normalized spacial score (nSPS) is 9.17. The Balaban J connectivity index is -0.000000163. The third-order valence-corrected chi connectivity index (χ3v) is 2.55. The van der Waals surface area contributed by atoms with Gasteiger partial charge in [-0.25, -0.2) is 0 Å². The van der Waals surface area contributed by atoms with Crippen LogP contribution < -0.4 is 0 Å². The van der Waals surface area contributed by atoms with E-state index in [0.717, 1.165) is 18.8 Å². The molecule has 0 aromatic heterocycles. The average Bonchev–Trinajstić information content (AvgIpc) is 2.61. The summed E-state index contributed by atoms with van der Waals surface area (Å²) >= 11 is 0. The van der Waals surface area contributed by atoms with E-state index in [0.29, 0.717) is 5.41 Å². The fourth-order valence-electron chi connectivity index (χ4n) is 1.66. The van der Waals surface area contributed by atoms with Gasteiger partial charge in [0.1, 0.15) is 0 Å². The van der Waals surface area contributed by atoms with Crippen LogP contribution in [0.1, 0.15) is 73.4 Å². The Morgan fingerprint density at radius 3 is 1.24 bits per heavy atom. The standard InChI is InChI=1S/C13H20.C6H8.C4H10.2C3H6/c1-5-11-6-8-12(9-7-11)10-13(2,3)4;1-3-5-6-4-2;1-4(2)3;2*1-3-2/h6-9H,5,10H2,1-4H3;3-6H,1-2H2;4H,1-3H3;2*3H,1H2,2H3/b;6-5-;;;. The summed E-state index contributed by atoms with van der Waals surface area (Å²) in [6, 6.07) is 8.98. The highest BCUT2D eigenvalue weighted by molar-refractivity contribution is 5.23. The van der Waals surface area contributed by atoms with Crippen LogP contribution >= 0.6 is 0 Å². The first-order chi connectivity index (χ1) is 13.5. The number of allylic oxidation sites excluding steroid dienone is 6. The predicted octanol–water partition coefficient (Wildman–Crippen LogP) is 9.80. The molecule has 0 heterocycles.